The number of hydrogen-bond acceptors (Lipinski definition) is 5. The highest BCUT2D eigenvalue weighted by Gasteiger charge is 2.31. The number of nitriles is 1. The summed E-state index contributed by atoms with van der Waals surface area (Å²) < 4.78 is 46.9. The summed E-state index contributed by atoms with van der Waals surface area (Å²) in [5, 5.41) is 8.95. The predicted octanol–water partition coefficient (Wildman–Crippen LogP) is 2.54. The molecule has 2 fully saturated rings. The number of piperidine rings is 1. The molecule has 0 bridgehead atoms. The largest absolute Gasteiger partial charge is 0.381 e. The van der Waals surface area contributed by atoms with Crippen LogP contribution in [0, 0.1) is 17.1 Å². The number of carbonyl (C=O) groups excluding carboxylic acids is 1. The second-order valence-corrected chi connectivity index (χ2v) is 9.27. The lowest BCUT2D eigenvalue weighted by molar-refractivity contribution is 0.0296. The van der Waals surface area contributed by atoms with Gasteiger partial charge in [-0.05, 0) is 43.9 Å². The highest BCUT2D eigenvalue weighted by molar-refractivity contribution is 7.89. The van der Waals surface area contributed by atoms with Crippen molar-refractivity contribution >= 4 is 15.9 Å². The summed E-state index contributed by atoms with van der Waals surface area (Å²) in [5.74, 6) is -1.25. The van der Waals surface area contributed by atoms with Gasteiger partial charge in [-0.25, -0.2) is 12.8 Å². The molecule has 2 heterocycles. The van der Waals surface area contributed by atoms with Crippen LogP contribution >= 0.6 is 0 Å². The SMILES string of the molecule is N#CCCN(C(=O)c1ccc(F)c(S(=O)(=O)N2CCCCC2)c1)C1CCOCC1. The van der Waals surface area contributed by atoms with Crippen LogP contribution in [0.4, 0.5) is 4.39 Å². The van der Waals surface area contributed by atoms with E-state index in [-0.39, 0.29) is 30.5 Å². The number of nitrogens with zero attached hydrogens (tertiary/aromatic N) is 3. The van der Waals surface area contributed by atoms with Crippen LogP contribution in [-0.4, -0.2) is 62.4 Å². The smallest absolute Gasteiger partial charge is 0.254 e. The first kappa shape index (κ1) is 21.7. The molecular weight excluding hydrogens is 397 g/mol. The summed E-state index contributed by atoms with van der Waals surface area (Å²) in [5.41, 5.74) is 0.117. The molecule has 0 saturated carbocycles. The number of ether oxygens (including phenoxy) is 1. The van der Waals surface area contributed by atoms with Gasteiger partial charge in [0.15, 0.2) is 0 Å². The molecule has 158 valence electrons. The minimum Gasteiger partial charge on any atom is -0.381 e. The summed E-state index contributed by atoms with van der Waals surface area (Å²) in [4.78, 5) is 14.3. The molecule has 1 aromatic carbocycles. The molecule has 2 aliphatic rings. The first-order valence-electron chi connectivity index (χ1n) is 10.0. The average molecular weight is 424 g/mol. The van der Waals surface area contributed by atoms with Crippen molar-refractivity contribution in [1.82, 2.24) is 9.21 Å². The third-order valence-electron chi connectivity index (χ3n) is 5.47. The first-order chi connectivity index (χ1) is 13.9. The second kappa shape index (κ2) is 9.65. The molecule has 7 nitrogen and oxygen atoms in total. The third kappa shape index (κ3) is 4.94. The van der Waals surface area contributed by atoms with Gasteiger partial charge in [-0.2, -0.15) is 9.57 Å². The van der Waals surface area contributed by atoms with Gasteiger partial charge in [0.2, 0.25) is 10.0 Å². The molecule has 2 saturated heterocycles. The van der Waals surface area contributed by atoms with E-state index in [1.165, 1.54) is 10.4 Å². The zero-order chi connectivity index (χ0) is 20.9. The van der Waals surface area contributed by atoms with Crippen molar-refractivity contribution in [1.29, 1.82) is 5.26 Å². The molecule has 0 unspecified atom stereocenters. The number of carbonyl (C=O) groups is 1. The maximum atomic E-state index is 14.5. The summed E-state index contributed by atoms with van der Waals surface area (Å²) in [6.07, 6.45) is 3.90. The highest BCUT2D eigenvalue weighted by atomic mass is 32.2. The van der Waals surface area contributed by atoms with Crippen molar-refractivity contribution < 1.29 is 22.3 Å². The summed E-state index contributed by atoms with van der Waals surface area (Å²) in [6.45, 7) is 2.01. The third-order valence-corrected chi connectivity index (χ3v) is 7.38. The molecule has 1 amide bonds. The van der Waals surface area contributed by atoms with Crippen molar-refractivity contribution in [3.63, 3.8) is 0 Å². The summed E-state index contributed by atoms with van der Waals surface area (Å²) in [7, 11) is -4.00. The quantitative estimate of drug-likeness (QED) is 0.701. The highest BCUT2D eigenvalue weighted by Crippen LogP contribution is 2.25. The maximum absolute atomic E-state index is 14.5. The maximum Gasteiger partial charge on any atom is 0.254 e. The van der Waals surface area contributed by atoms with Crippen LogP contribution in [-0.2, 0) is 14.8 Å². The van der Waals surface area contributed by atoms with E-state index in [1.54, 1.807) is 4.90 Å². The lowest BCUT2D eigenvalue weighted by atomic mass is 10.0. The lowest BCUT2D eigenvalue weighted by Crippen LogP contribution is -2.44. The molecule has 3 rings (SSSR count). The van der Waals surface area contributed by atoms with E-state index < -0.39 is 20.7 Å². The molecule has 2 aliphatic heterocycles. The van der Waals surface area contributed by atoms with Crippen LogP contribution in [0.15, 0.2) is 23.1 Å². The summed E-state index contributed by atoms with van der Waals surface area (Å²) in [6, 6.07) is 5.45. The molecule has 0 aromatic heterocycles. The van der Waals surface area contributed by atoms with Gasteiger partial charge in [0.05, 0.1) is 12.5 Å². The number of sulfonamides is 1. The monoisotopic (exact) mass is 423 g/mol. The minimum atomic E-state index is -4.00. The Balaban J connectivity index is 1.90. The van der Waals surface area contributed by atoms with Crippen molar-refractivity contribution in [2.24, 2.45) is 0 Å². The van der Waals surface area contributed by atoms with Crippen LogP contribution in [0.3, 0.4) is 0 Å². The average Bonchev–Trinajstić information content (AvgIpc) is 2.75. The van der Waals surface area contributed by atoms with Crippen LogP contribution in [0.2, 0.25) is 0 Å². The van der Waals surface area contributed by atoms with Gasteiger partial charge in [-0.15, -0.1) is 0 Å². The zero-order valence-electron chi connectivity index (χ0n) is 16.3. The van der Waals surface area contributed by atoms with Gasteiger partial charge >= 0.3 is 0 Å². The number of amides is 1. The Morgan fingerprint density at radius 2 is 1.93 bits per heavy atom. The van der Waals surface area contributed by atoms with Crippen LogP contribution < -0.4 is 0 Å². The predicted molar refractivity (Wildman–Crippen MR) is 104 cm³/mol. The number of hydrogen-bond donors (Lipinski definition) is 0. The van der Waals surface area contributed by atoms with Gasteiger partial charge in [0.25, 0.3) is 5.91 Å². The lowest BCUT2D eigenvalue weighted by Gasteiger charge is -2.34. The molecule has 0 atom stereocenters. The number of benzene rings is 1. The Morgan fingerprint density at radius 1 is 1.24 bits per heavy atom. The second-order valence-electron chi connectivity index (χ2n) is 7.36. The summed E-state index contributed by atoms with van der Waals surface area (Å²) >= 11 is 0. The molecule has 29 heavy (non-hydrogen) atoms. The number of rotatable bonds is 6. The molecule has 9 heteroatoms. The first-order valence-corrected chi connectivity index (χ1v) is 11.4. The van der Waals surface area contributed by atoms with Gasteiger partial charge in [-0.3, -0.25) is 4.79 Å². The van der Waals surface area contributed by atoms with Gasteiger partial charge in [0.1, 0.15) is 10.7 Å². The van der Waals surface area contributed by atoms with E-state index in [4.69, 9.17) is 10.00 Å². The molecule has 0 N–H and O–H groups in total. The molecule has 1 aromatic rings. The van der Waals surface area contributed by atoms with Crippen LogP contribution in [0.1, 0.15) is 48.9 Å². The Morgan fingerprint density at radius 3 is 2.59 bits per heavy atom. The van der Waals surface area contributed by atoms with Crippen molar-refractivity contribution in [3.05, 3.63) is 29.6 Å². The minimum absolute atomic E-state index is 0.0863. The molecular formula is C20H26FN3O4S. The Hall–Kier alpha value is -2.02. The normalized spacial score (nSPS) is 18.9. The molecule has 0 aliphatic carbocycles. The molecule has 0 radical (unpaired) electrons. The Labute approximate surface area is 171 Å². The van der Waals surface area contributed by atoms with E-state index in [0.717, 1.165) is 31.4 Å². The van der Waals surface area contributed by atoms with Gasteiger partial charge < -0.3 is 9.64 Å². The zero-order valence-corrected chi connectivity index (χ0v) is 17.2. The van der Waals surface area contributed by atoms with E-state index >= 15 is 0 Å². The van der Waals surface area contributed by atoms with Crippen LogP contribution in [0.25, 0.3) is 0 Å². The van der Waals surface area contributed by atoms with Crippen molar-refractivity contribution in [3.8, 4) is 6.07 Å². The topological polar surface area (TPSA) is 90.7 Å². The Kier molecular flexibility index (Phi) is 7.22. The fraction of sp³-hybridized carbons (Fsp3) is 0.600. The van der Waals surface area contributed by atoms with Crippen molar-refractivity contribution in [2.45, 2.75) is 49.5 Å². The van der Waals surface area contributed by atoms with Gasteiger partial charge in [0, 0.05) is 44.5 Å². The fourth-order valence-corrected chi connectivity index (χ4v) is 5.47. The van der Waals surface area contributed by atoms with Crippen LogP contribution in [0.5, 0.6) is 0 Å². The van der Waals surface area contributed by atoms with Crippen molar-refractivity contribution in [2.75, 3.05) is 32.8 Å². The van der Waals surface area contributed by atoms with E-state index in [9.17, 15) is 17.6 Å². The molecule has 0 spiro atoms. The van der Waals surface area contributed by atoms with E-state index in [1.807, 2.05) is 6.07 Å². The van der Waals surface area contributed by atoms with Gasteiger partial charge in [-0.1, -0.05) is 6.42 Å². The number of halogens is 1. The fourth-order valence-electron chi connectivity index (χ4n) is 3.86. The Bertz CT molecular complexity index is 872. The standard InChI is InChI=1S/C20H26FN3O4S/c21-18-6-5-16(15-19(18)29(26,27)23-10-2-1-3-11-23)20(25)24(12-4-9-22)17-7-13-28-14-8-17/h5-6,15,17H,1-4,7-8,10-14H2. The van der Waals surface area contributed by atoms with E-state index in [0.29, 0.717) is 39.1 Å². The van der Waals surface area contributed by atoms with E-state index in [2.05, 4.69) is 0 Å².